The second-order valence-corrected chi connectivity index (χ2v) is 8.31. The number of hydrogen-bond acceptors (Lipinski definition) is 3. The van der Waals surface area contributed by atoms with E-state index in [2.05, 4.69) is 11.1 Å². The first-order valence-electron chi connectivity index (χ1n) is 10.9. The van der Waals surface area contributed by atoms with Gasteiger partial charge in [-0.15, -0.1) is 0 Å². The summed E-state index contributed by atoms with van der Waals surface area (Å²) in [5.41, 5.74) is 2.99. The van der Waals surface area contributed by atoms with Crippen LogP contribution < -0.4 is 16.5 Å². The minimum absolute atomic E-state index is 0.145. The molecule has 2 heterocycles. The molecule has 0 atom stereocenters. The molecule has 35 heavy (non-hydrogen) atoms. The molecule has 6 radical (unpaired) electrons. The summed E-state index contributed by atoms with van der Waals surface area (Å²) in [6, 6.07) is 25.4. The number of benzene rings is 4. The van der Waals surface area contributed by atoms with Gasteiger partial charge in [0.1, 0.15) is 40.5 Å². The van der Waals surface area contributed by atoms with Crippen molar-refractivity contribution in [2.45, 2.75) is 0 Å². The van der Waals surface area contributed by atoms with Crippen molar-refractivity contribution >= 4 is 72.8 Å². The molecule has 0 N–H and O–H groups in total. The summed E-state index contributed by atoms with van der Waals surface area (Å²) < 4.78 is 21.0. The quantitative estimate of drug-likeness (QED) is 0.382. The topological polar surface area (TPSA) is 49.8 Å². The van der Waals surface area contributed by atoms with Gasteiger partial charge in [0.15, 0.2) is 0 Å². The maximum absolute atomic E-state index is 14.6. The van der Waals surface area contributed by atoms with E-state index in [1.165, 1.54) is 0 Å². The van der Waals surface area contributed by atoms with Gasteiger partial charge in [0.25, 0.3) is 0 Å². The number of halogens is 1. The van der Waals surface area contributed by atoms with Crippen LogP contribution in [0.4, 0.5) is 4.39 Å². The van der Waals surface area contributed by atoms with Gasteiger partial charge in [-0.25, -0.2) is 4.39 Å². The molecule has 156 valence electrons. The molecule has 0 aliphatic carbocycles. The molecule has 0 saturated carbocycles. The van der Waals surface area contributed by atoms with Gasteiger partial charge >= 0.3 is 0 Å². The molecule has 6 rings (SSSR count). The third-order valence-corrected chi connectivity index (χ3v) is 6.32. The van der Waals surface area contributed by atoms with Crippen LogP contribution >= 0.6 is 0 Å². The smallest absolute Gasteiger partial charge is 0.144 e. The monoisotopic (exact) mass is 444 g/mol. The van der Waals surface area contributed by atoms with Crippen molar-refractivity contribution in [1.82, 2.24) is 4.98 Å². The molecular weight excluding hydrogens is 432 g/mol. The van der Waals surface area contributed by atoms with E-state index in [4.69, 9.17) is 28.0 Å². The first kappa shape index (κ1) is 21.3. The van der Waals surface area contributed by atoms with E-state index in [9.17, 15) is 9.65 Å². The average molecular weight is 444 g/mol. The Morgan fingerprint density at radius 2 is 1.57 bits per heavy atom. The Morgan fingerprint density at radius 1 is 0.800 bits per heavy atom. The molecule has 0 unspecified atom stereocenters. The summed E-state index contributed by atoms with van der Waals surface area (Å²) in [7, 11) is 17.5. The summed E-state index contributed by atoms with van der Waals surface area (Å²) in [6.07, 6.45) is 0. The number of fused-ring (bicyclic) bond motifs is 4. The molecule has 0 aliphatic heterocycles. The van der Waals surface area contributed by atoms with Crippen LogP contribution in [0.1, 0.15) is 5.56 Å². The molecule has 0 fully saturated rings. The Hall–Kier alpha value is -4.30. The third-order valence-electron chi connectivity index (χ3n) is 6.32. The van der Waals surface area contributed by atoms with E-state index in [1.54, 1.807) is 12.1 Å². The number of nitrogens with zero attached hydrogens (tertiary/aromatic N) is 2. The number of pyridine rings is 1. The van der Waals surface area contributed by atoms with E-state index < -0.39 is 5.82 Å². The van der Waals surface area contributed by atoms with Gasteiger partial charge in [-0.1, -0.05) is 54.0 Å². The number of nitriles is 1. The maximum Gasteiger partial charge on any atom is 0.144 e. The van der Waals surface area contributed by atoms with Crippen molar-refractivity contribution in [1.29, 1.82) is 5.26 Å². The van der Waals surface area contributed by atoms with Gasteiger partial charge in [-0.2, -0.15) is 5.26 Å². The van der Waals surface area contributed by atoms with Gasteiger partial charge in [0.05, 0.1) is 17.3 Å². The van der Waals surface area contributed by atoms with Gasteiger partial charge in [-0.05, 0) is 51.7 Å². The number of rotatable bonds is 2. The van der Waals surface area contributed by atoms with Gasteiger partial charge in [-0.3, -0.25) is 4.98 Å². The molecule has 0 aliphatic rings. The van der Waals surface area contributed by atoms with Crippen LogP contribution in [0.25, 0.3) is 55.1 Å². The van der Waals surface area contributed by atoms with Gasteiger partial charge in [0.2, 0.25) is 0 Å². The van der Waals surface area contributed by atoms with Crippen LogP contribution in [-0.4, -0.2) is 28.5 Å². The fourth-order valence-corrected chi connectivity index (χ4v) is 4.58. The zero-order valence-electron chi connectivity index (χ0n) is 18.3. The van der Waals surface area contributed by atoms with Crippen LogP contribution in [0.15, 0.2) is 77.2 Å². The third kappa shape index (κ3) is 3.18. The number of hydrogen-bond donors (Lipinski definition) is 0. The Kier molecular flexibility index (Phi) is 4.79. The minimum atomic E-state index is -0.816. The molecular formula is C28H12B3FN2O. The normalized spacial score (nSPS) is 11.3. The fraction of sp³-hybridized carbons (Fsp3) is 0. The van der Waals surface area contributed by atoms with E-state index >= 15 is 0 Å². The van der Waals surface area contributed by atoms with Crippen molar-refractivity contribution in [2.24, 2.45) is 0 Å². The Bertz CT molecular complexity index is 1870. The molecule has 3 nitrogen and oxygen atoms in total. The Morgan fingerprint density at radius 3 is 2.37 bits per heavy atom. The van der Waals surface area contributed by atoms with Crippen molar-refractivity contribution in [3.8, 4) is 28.5 Å². The minimum Gasteiger partial charge on any atom is -0.455 e. The van der Waals surface area contributed by atoms with E-state index in [1.807, 2.05) is 60.7 Å². The first-order valence-corrected chi connectivity index (χ1v) is 10.9. The van der Waals surface area contributed by atoms with Crippen LogP contribution in [0, 0.1) is 17.1 Å². The zero-order valence-corrected chi connectivity index (χ0v) is 18.3. The van der Waals surface area contributed by atoms with Gasteiger partial charge in [0, 0.05) is 21.9 Å². The lowest BCUT2D eigenvalue weighted by atomic mass is 9.78. The molecule has 6 aromatic rings. The van der Waals surface area contributed by atoms with Crippen molar-refractivity contribution < 1.29 is 8.81 Å². The second kappa shape index (κ2) is 7.89. The van der Waals surface area contributed by atoms with Crippen LogP contribution in [0.5, 0.6) is 0 Å². The number of aromatic nitrogens is 1. The Labute approximate surface area is 204 Å². The lowest BCUT2D eigenvalue weighted by Gasteiger charge is -2.12. The summed E-state index contributed by atoms with van der Waals surface area (Å²) in [5, 5.41) is 13.6. The summed E-state index contributed by atoms with van der Waals surface area (Å²) in [6.45, 7) is 0. The molecule has 0 saturated heterocycles. The molecule has 0 spiro atoms. The lowest BCUT2D eigenvalue weighted by molar-refractivity contribution is 0.644. The second-order valence-electron chi connectivity index (χ2n) is 8.31. The lowest BCUT2D eigenvalue weighted by Crippen LogP contribution is -2.38. The highest BCUT2D eigenvalue weighted by Gasteiger charge is 2.21. The zero-order chi connectivity index (χ0) is 24.3. The number of para-hydroxylation sites is 1. The summed E-state index contributed by atoms with van der Waals surface area (Å²) >= 11 is 0. The predicted octanol–water partition coefficient (Wildman–Crippen LogP) is 3.86. The maximum atomic E-state index is 14.6. The summed E-state index contributed by atoms with van der Waals surface area (Å²) in [4.78, 5) is 4.25. The van der Waals surface area contributed by atoms with Crippen molar-refractivity contribution in [3.05, 3.63) is 84.2 Å². The van der Waals surface area contributed by atoms with E-state index in [0.29, 0.717) is 27.9 Å². The standard InChI is InChI=1S/C28H12B3FN2O/c29-22-24(32)23(30)28(31)34-25(22)20-7-3-6-18-19-11-10-17(13-33)21(27(19)35-26(18)20)16-9-8-14-4-1-2-5-15(14)12-16/h1-12H. The molecule has 0 bridgehead atoms. The molecule has 4 aromatic carbocycles. The van der Waals surface area contributed by atoms with Crippen molar-refractivity contribution in [2.75, 3.05) is 0 Å². The molecule has 2 aromatic heterocycles. The number of furan rings is 1. The summed E-state index contributed by atoms with van der Waals surface area (Å²) in [5.74, 6) is -0.816. The van der Waals surface area contributed by atoms with E-state index in [0.717, 1.165) is 27.1 Å². The van der Waals surface area contributed by atoms with Crippen LogP contribution in [0.2, 0.25) is 0 Å². The predicted molar refractivity (Wildman–Crippen MR) is 141 cm³/mol. The highest BCUT2D eigenvalue weighted by molar-refractivity contribution is 6.50. The molecule has 7 heteroatoms. The van der Waals surface area contributed by atoms with Gasteiger partial charge < -0.3 is 4.42 Å². The van der Waals surface area contributed by atoms with Crippen LogP contribution in [-0.2, 0) is 0 Å². The fourth-order valence-electron chi connectivity index (χ4n) is 4.58. The largest absolute Gasteiger partial charge is 0.455 e. The van der Waals surface area contributed by atoms with Crippen LogP contribution in [0.3, 0.4) is 0 Å². The average Bonchev–Trinajstić information content (AvgIpc) is 3.27. The SMILES string of the molecule is [B]c1nc(-c2cccc3c2oc2c(-c4ccc5ccccc5c4)c(C#N)ccc23)c([B])c(F)c1[B]. The van der Waals surface area contributed by atoms with E-state index in [-0.39, 0.29) is 22.2 Å². The molecule has 0 amide bonds. The Balaban J connectivity index is 1.69. The highest BCUT2D eigenvalue weighted by Crippen LogP contribution is 2.41. The highest BCUT2D eigenvalue weighted by atomic mass is 19.1. The first-order chi connectivity index (χ1) is 17.0. The van der Waals surface area contributed by atoms with Crippen molar-refractivity contribution in [3.63, 3.8) is 0 Å².